The fourth-order valence-electron chi connectivity index (χ4n) is 1.42. The molecule has 0 fully saturated rings. The summed E-state index contributed by atoms with van der Waals surface area (Å²) in [5.74, 6) is 0. The van der Waals surface area contributed by atoms with E-state index in [2.05, 4.69) is 6.92 Å². The quantitative estimate of drug-likeness (QED) is 0.352. The van der Waals surface area contributed by atoms with Crippen molar-refractivity contribution in [3.05, 3.63) is 0 Å². The molecule has 15 heavy (non-hydrogen) atoms. The molecule has 0 saturated heterocycles. The van der Waals surface area contributed by atoms with Gasteiger partial charge in [0.1, 0.15) is 0 Å². The van der Waals surface area contributed by atoms with Crippen molar-refractivity contribution >= 4 is 6.08 Å². The minimum atomic E-state index is 0.371. The summed E-state index contributed by atoms with van der Waals surface area (Å²) >= 11 is 0. The maximum absolute atomic E-state index is 8.54. The molecular formula is C12H25NO2. The van der Waals surface area contributed by atoms with E-state index in [0.717, 1.165) is 12.5 Å². The maximum Gasteiger partial charge on any atom is 0.231 e. The van der Waals surface area contributed by atoms with Crippen LogP contribution in [0.4, 0.5) is 0 Å². The average molecular weight is 215 g/mol. The number of hydrogen-bond acceptors (Lipinski definition) is 3. The third-order valence-electron chi connectivity index (χ3n) is 2.26. The molecule has 0 spiro atoms. The number of unbranched alkanes of at least 4 members (excludes halogenated alkanes) is 8. The third-order valence-corrected chi connectivity index (χ3v) is 2.26. The van der Waals surface area contributed by atoms with Crippen LogP contribution < -0.4 is 0 Å². The smallest absolute Gasteiger partial charge is 0.231 e. The molecule has 0 unspecified atom stereocenters. The topological polar surface area (TPSA) is 61.1 Å². The zero-order valence-corrected chi connectivity index (χ0v) is 9.93. The molecule has 0 aliphatic heterocycles. The van der Waals surface area contributed by atoms with Gasteiger partial charge >= 0.3 is 0 Å². The Labute approximate surface area is 93.4 Å². The van der Waals surface area contributed by atoms with Gasteiger partial charge in [0.05, 0.1) is 0 Å². The number of hydrogen-bond donors (Lipinski definition) is 2. The van der Waals surface area contributed by atoms with Crippen LogP contribution in [-0.4, -0.2) is 17.8 Å². The molecule has 0 aromatic carbocycles. The Morgan fingerprint density at radius 2 is 1.27 bits per heavy atom. The number of isocyanates is 1. The van der Waals surface area contributed by atoms with E-state index in [0.29, 0.717) is 6.61 Å². The van der Waals surface area contributed by atoms with Gasteiger partial charge in [0.2, 0.25) is 6.08 Å². The molecule has 0 radical (unpaired) electrons. The van der Waals surface area contributed by atoms with Gasteiger partial charge in [-0.05, 0) is 6.42 Å². The second-order valence-corrected chi connectivity index (χ2v) is 3.65. The molecule has 0 aliphatic rings. The minimum Gasteiger partial charge on any atom is -0.396 e. The molecule has 0 rings (SSSR count). The highest BCUT2D eigenvalue weighted by Crippen LogP contribution is 2.08. The molecular weight excluding hydrogens is 190 g/mol. The zero-order chi connectivity index (χ0) is 11.8. The van der Waals surface area contributed by atoms with Gasteiger partial charge in [0, 0.05) is 6.61 Å². The second kappa shape index (κ2) is 19.0. The summed E-state index contributed by atoms with van der Waals surface area (Å²) in [6.07, 6.45) is 12.6. The highest BCUT2D eigenvalue weighted by atomic mass is 16.2. The van der Waals surface area contributed by atoms with Crippen molar-refractivity contribution in [2.45, 2.75) is 64.7 Å². The summed E-state index contributed by atoms with van der Waals surface area (Å²) in [6.45, 7) is 2.62. The van der Waals surface area contributed by atoms with Crippen LogP contribution in [0.25, 0.3) is 0 Å². The number of aliphatic hydroxyl groups is 1. The summed E-state index contributed by atoms with van der Waals surface area (Å²) in [6, 6.07) is 0. The fraction of sp³-hybridized carbons (Fsp3) is 0.917. The fourth-order valence-corrected chi connectivity index (χ4v) is 1.42. The maximum atomic E-state index is 8.54. The van der Waals surface area contributed by atoms with E-state index in [-0.39, 0.29) is 0 Å². The second-order valence-electron chi connectivity index (χ2n) is 3.65. The molecule has 0 aromatic rings. The van der Waals surface area contributed by atoms with Gasteiger partial charge in [-0.25, -0.2) is 10.2 Å². The third kappa shape index (κ3) is 24.7. The standard InChI is InChI=1S/C11H24O.CHNO/c1-2-3-4-5-6-7-8-9-10-11-12;2-1-3/h12H,2-11H2,1H3;2H. The summed E-state index contributed by atoms with van der Waals surface area (Å²) in [7, 11) is 0. The molecule has 0 atom stereocenters. The molecule has 90 valence electrons. The molecule has 3 heteroatoms. The van der Waals surface area contributed by atoms with Gasteiger partial charge in [-0.15, -0.1) is 0 Å². The van der Waals surface area contributed by atoms with Crippen molar-refractivity contribution in [3.63, 3.8) is 0 Å². The zero-order valence-electron chi connectivity index (χ0n) is 9.93. The lowest BCUT2D eigenvalue weighted by Gasteiger charge is -1.99. The van der Waals surface area contributed by atoms with Crippen molar-refractivity contribution in [2.75, 3.05) is 6.61 Å². The van der Waals surface area contributed by atoms with Crippen LogP contribution in [0.5, 0.6) is 0 Å². The van der Waals surface area contributed by atoms with Gasteiger partial charge in [-0.3, -0.25) is 0 Å². The van der Waals surface area contributed by atoms with Crippen molar-refractivity contribution in [1.29, 1.82) is 5.41 Å². The molecule has 0 heterocycles. The Balaban J connectivity index is 0. The normalized spacial score (nSPS) is 8.93. The van der Waals surface area contributed by atoms with E-state index in [1.54, 1.807) is 0 Å². The summed E-state index contributed by atoms with van der Waals surface area (Å²) < 4.78 is 0. The predicted octanol–water partition coefficient (Wildman–Crippen LogP) is 3.41. The SMILES string of the molecule is CCCCCCCCCCCO.N=C=O. The molecule has 2 N–H and O–H groups in total. The lowest BCUT2D eigenvalue weighted by Crippen LogP contribution is -1.84. The van der Waals surface area contributed by atoms with E-state index in [1.807, 2.05) is 0 Å². The van der Waals surface area contributed by atoms with Crippen molar-refractivity contribution in [1.82, 2.24) is 0 Å². The Bertz CT molecular complexity index is 122. The van der Waals surface area contributed by atoms with E-state index in [1.165, 1.54) is 51.4 Å². The summed E-state index contributed by atoms with van der Waals surface area (Å²) in [5.41, 5.74) is 0. The minimum absolute atomic E-state index is 0.371. The van der Waals surface area contributed by atoms with Crippen molar-refractivity contribution in [3.8, 4) is 0 Å². The molecule has 0 saturated carbocycles. The summed E-state index contributed by atoms with van der Waals surface area (Å²) in [4.78, 5) is 8.35. The Hall–Kier alpha value is -0.660. The van der Waals surface area contributed by atoms with Gasteiger partial charge in [-0.1, -0.05) is 58.3 Å². The van der Waals surface area contributed by atoms with E-state index in [9.17, 15) is 0 Å². The van der Waals surface area contributed by atoms with Gasteiger partial charge in [-0.2, -0.15) is 0 Å². The average Bonchev–Trinajstić information content (AvgIpc) is 2.23. The monoisotopic (exact) mass is 215 g/mol. The molecule has 0 bridgehead atoms. The molecule has 0 aromatic heterocycles. The number of carbonyl (C=O) groups excluding carboxylic acids is 1. The van der Waals surface area contributed by atoms with Crippen LogP contribution in [0, 0.1) is 5.41 Å². The van der Waals surface area contributed by atoms with Gasteiger partial charge in [0.15, 0.2) is 0 Å². The van der Waals surface area contributed by atoms with Crippen molar-refractivity contribution < 1.29 is 9.90 Å². The largest absolute Gasteiger partial charge is 0.396 e. The predicted molar refractivity (Wildman–Crippen MR) is 62.7 cm³/mol. The summed E-state index contributed by atoms with van der Waals surface area (Å²) in [5, 5.41) is 13.9. The van der Waals surface area contributed by atoms with Crippen LogP contribution in [0.3, 0.4) is 0 Å². The van der Waals surface area contributed by atoms with Gasteiger partial charge < -0.3 is 5.11 Å². The van der Waals surface area contributed by atoms with Gasteiger partial charge in [0.25, 0.3) is 0 Å². The lowest BCUT2D eigenvalue weighted by atomic mass is 10.1. The van der Waals surface area contributed by atoms with E-state index in [4.69, 9.17) is 15.3 Å². The Morgan fingerprint density at radius 1 is 0.933 bits per heavy atom. The van der Waals surface area contributed by atoms with E-state index < -0.39 is 0 Å². The first-order valence-corrected chi connectivity index (χ1v) is 5.98. The first-order valence-electron chi connectivity index (χ1n) is 5.98. The highest BCUT2D eigenvalue weighted by molar-refractivity contribution is 5.26. The molecule has 3 nitrogen and oxygen atoms in total. The van der Waals surface area contributed by atoms with E-state index >= 15 is 0 Å². The highest BCUT2D eigenvalue weighted by Gasteiger charge is 1.90. The lowest BCUT2D eigenvalue weighted by molar-refractivity contribution is 0.282. The van der Waals surface area contributed by atoms with Crippen LogP contribution in [0.15, 0.2) is 0 Å². The van der Waals surface area contributed by atoms with Crippen LogP contribution in [-0.2, 0) is 4.79 Å². The first kappa shape index (κ1) is 16.8. The first-order chi connectivity index (χ1) is 7.33. The van der Waals surface area contributed by atoms with Crippen molar-refractivity contribution in [2.24, 2.45) is 0 Å². The van der Waals surface area contributed by atoms with Crippen LogP contribution in [0.1, 0.15) is 64.7 Å². The van der Waals surface area contributed by atoms with Crippen LogP contribution >= 0.6 is 0 Å². The molecule has 0 aliphatic carbocycles. The van der Waals surface area contributed by atoms with Crippen LogP contribution in [0.2, 0.25) is 0 Å². The molecule has 0 amide bonds. The Morgan fingerprint density at radius 3 is 1.60 bits per heavy atom. The number of nitrogens with one attached hydrogen (secondary N) is 1. The number of rotatable bonds is 9. The number of aliphatic hydroxyl groups excluding tert-OH is 1. The Kier molecular flexibility index (Phi) is 21.2.